The molecule has 3 N–H and O–H groups in total. The molecule has 120 valence electrons. The van der Waals surface area contributed by atoms with Crippen molar-refractivity contribution in [2.24, 2.45) is 5.73 Å². The fourth-order valence-corrected chi connectivity index (χ4v) is 1.99. The zero-order chi connectivity index (χ0) is 17.0. The van der Waals surface area contributed by atoms with E-state index in [4.69, 9.17) is 22.1 Å². The molecular weight excluding hydrogens is 323 g/mol. The highest BCUT2D eigenvalue weighted by Crippen LogP contribution is 2.23. The van der Waals surface area contributed by atoms with Crippen molar-refractivity contribution in [3.05, 3.63) is 58.9 Å². The minimum absolute atomic E-state index is 0.0823. The molecule has 23 heavy (non-hydrogen) atoms. The molecule has 0 fully saturated rings. The fourth-order valence-electron chi connectivity index (χ4n) is 1.82. The van der Waals surface area contributed by atoms with Crippen LogP contribution >= 0.6 is 11.6 Å². The van der Waals surface area contributed by atoms with Gasteiger partial charge in [-0.25, -0.2) is 4.39 Å². The van der Waals surface area contributed by atoms with Gasteiger partial charge in [0.05, 0.1) is 5.56 Å². The van der Waals surface area contributed by atoms with E-state index in [-0.39, 0.29) is 11.3 Å². The molecule has 0 aliphatic heterocycles. The molecule has 0 unspecified atom stereocenters. The number of carbonyl (C=O) groups is 2. The first kappa shape index (κ1) is 16.8. The predicted molar refractivity (Wildman–Crippen MR) is 85.1 cm³/mol. The lowest BCUT2D eigenvalue weighted by Crippen LogP contribution is -2.30. The molecule has 0 aliphatic carbocycles. The van der Waals surface area contributed by atoms with Crippen LogP contribution in [0.1, 0.15) is 17.3 Å². The zero-order valence-electron chi connectivity index (χ0n) is 12.2. The summed E-state index contributed by atoms with van der Waals surface area (Å²) in [7, 11) is 0. The average molecular weight is 337 g/mol. The van der Waals surface area contributed by atoms with Gasteiger partial charge in [0.15, 0.2) is 6.10 Å². The highest BCUT2D eigenvalue weighted by atomic mass is 35.5. The molecule has 0 aromatic heterocycles. The third-order valence-corrected chi connectivity index (χ3v) is 3.23. The number of rotatable bonds is 5. The Morgan fingerprint density at radius 3 is 2.48 bits per heavy atom. The van der Waals surface area contributed by atoms with Gasteiger partial charge < -0.3 is 15.8 Å². The molecule has 2 amide bonds. The van der Waals surface area contributed by atoms with Crippen molar-refractivity contribution in [2.75, 3.05) is 5.32 Å². The molecular formula is C16H14ClFN2O3. The number of primary amides is 1. The molecule has 0 aliphatic rings. The molecule has 1 atom stereocenters. The van der Waals surface area contributed by atoms with Gasteiger partial charge in [-0.3, -0.25) is 9.59 Å². The van der Waals surface area contributed by atoms with Gasteiger partial charge in [-0.1, -0.05) is 11.6 Å². The summed E-state index contributed by atoms with van der Waals surface area (Å²) >= 11 is 5.81. The van der Waals surface area contributed by atoms with Crippen LogP contribution in [-0.2, 0) is 4.79 Å². The van der Waals surface area contributed by atoms with Crippen LogP contribution in [-0.4, -0.2) is 17.9 Å². The normalized spacial score (nSPS) is 11.6. The molecule has 0 bridgehead atoms. The second-order valence-corrected chi connectivity index (χ2v) is 5.20. The van der Waals surface area contributed by atoms with Crippen molar-refractivity contribution < 1.29 is 18.7 Å². The summed E-state index contributed by atoms with van der Waals surface area (Å²) in [5.41, 5.74) is 5.77. The number of amides is 2. The lowest BCUT2D eigenvalue weighted by molar-refractivity contribution is -0.122. The molecule has 0 spiro atoms. The van der Waals surface area contributed by atoms with Gasteiger partial charge in [-0.2, -0.15) is 0 Å². The summed E-state index contributed by atoms with van der Waals surface area (Å²) in [6, 6.07) is 9.66. The largest absolute Gasteiger partial charge is 0.480 e. The summed E-state index contributed by atoms with van der Waals surface area (Å²) in [5, 5.41) is 2.90. The second kappa shape index (κ2) is 7.11. The number of ether oxygens (including phenoxy) is 1. The van der Waals surface area contributed by atoms with Gasteiger partial charge in [0.2, 0.25) is 0 Å². The van der Waals surface area contributed by atoms with Crippen molar-refractivity contribution in [3.63, 3.8) is 0 Å². The van der Waals surface area contributed by atoms with Crippen LogP contribution in [0.25, 0.3) is 0 Å². The predicted octanol–water partition coefficient (Wildman–Crippen LogP) is 2.98. The topological polar surface area (TPSA) is 81.4 Å². The lowest BCUT2D eigenvalue weighted by atomic mass is 10.2. The maximum atomic E-state index is 12.8. The third kappa shape index (κ3) is 4.43. The Hall–Kier alpha value is -2.60. The summed E-state index contributed by atoms with van der Waals surface area (Å²) in [6.07, 6.45) is -0.903. The Morgan fingerprint density at radius 1 is 1.22 bits per heavy atom. The second-order valence-electron chi connectivity index (χ2n) is 4.76. The number of hydrogen-bond donors (Lipinski definition) is 2. The zero-order valence-corrected chi connectivity index (χ0v) is 12.9. The Bertz CT molecular complexity index is 735. The van der Waals surface area contributed by atoms with Gasteiger partial charge >= 0.3 is 0 Å². The van der Waals surface area contributed by atoms with Crippen LogP contribution < -0.4 is 15.8 Å². The Labute approximate surface area is 137 Å². The maximum absolute atomic E-state index is 12.8. The lowest BCUT2D eigenvalue weighted by Gasteiger charge is -2.16. The summed E-state index contributed by atoms with van der Waals surface area (Å²) in [4.78, 5) is 23.5. The van der Waals surface area contributed by atoms with E-state index < -0.39 is 23.7 Å². The number of carbonyl (C=O) groups excluding carboxylic acids is 2. The van der Waals surface area contributed by atoms with Gasteiger partial charge in [-0.05, 0) is 49.4 Å². The summed E-state index contributed by atoms with van der Waals surface area (Å²) in [6.45, 7) is 1.51. The van der Waals surface area contributed by atoms with Gasteiger partial charge in [0, 0.05) is 10.7 Å². The molecule has 0 radical (unpaired) electrons. The SMILES string of the molecule is C[C@@H](Oc1ccc(Cl)cc1C(N)=O)C(=O)Nc1ccc(F)cc1. The third-order valence-electron chi connectivity index (χ3n) is 2.99. The fraction of sp³-hybridized carbons (Fsp3) is 0.125. The van der Waals surface area contributed by atoms with Crippen LogP contribution in [0.2, 0.25) is 5.02 Å². The average Bonchev–Trinajstić information content (AvgIpc) is 2.51. The smallest absolute Gasteiger partial charge is 0.265 e. The van der Waals surface area contributed by atoms with Crippen LogP contribution in [0, 0.1) is 5.82 Å². The minimum atomic E-state index is -0.903. The van der Waals surface area contributed by atoms with E-state index in [1.54, 1.807) is 0 Å². The molecule has 0 saturated heterocycles. The molecule has 5 nitrogen and oxygen atoms in total. The maximum Gasteiger partial charge on any atom is 0.265 e. The van der Waals surface area contributed by atoms with Crippen LogP contribution in [0.5, 0.6) is 5.75 Å². The van der Waals surface area contributed by atoms with Crippen molar-refractivity contribution in [3.8, 4) is 5.75 Å². The molecule has 7 heteroatoms. The Kier molecular flexibility index (Phi) is 5.18. The van der Waals surface area contributed by atoms with E-state index in [1.807, 2.05) is 0 Å². The number of nitrogens with two attached hydrogens (primary N) is 1. The number of hydrogen-bond acceptors (Lipinski definition) is 3. The Balaban J connectivity index is 2.09. The molecule has 0 saturated carbocycles. The van der Waals surface area contributed by atoms with Crippen molar-refractivity contribution in [2.45, 2.75) is 13.0 Å². The van der Waals surface area contributed by atoms with E-state index in [9.17, 15) is 14.0 Å². The van der Waals surface area contributed by atoms with E-state index in [0.717, 1.165) is 0 Å². The van der Waals surface area contributed by atoms with Gasteiger partial charge in [-0.15, -0.1) is 0 Å². The van der Waals surface area contributed by atoms with E-state index in [0.29, 0.717) is 10.7 Å². The first-order chi connectivity index (χ1) is 10.9. The standard InChI is InChI=1S/C16H14ClFN2O3/c1-9(16(22)20-12-5-3-11(18)4-6-12)23-14-7-2-10(17)8-13(14)15(19)21/h2-9H,1H3,(H2,19,21)(H,20,22)/t9-/m1/s1. The first-order valence-corrected chi connectivity index (χ1v) is 7.07. The molecule has 2 rings (SSSR count). The highest BCUT2D eigenvalue weighted by molar-refractivity contribution is 6.31. The number of nitrogens with one attached hydrogen (secondary N) is 1. The molecule has 2 aromatic carbocycles. The summed E-state index contributed by atoms with van der Waals surface area (Å²) in [5.74, 6) is -1.42. The highest BCUT2D eigenvalue weighted by Gasteiger charge is 2.18. The molecule has 2 aromatic rings. The number of halogens is 2. The van der Waals surface area contributed by atoms with Crippen molar-refractivity contribution >= 4 is 29.1 Å². The van der Waals surface area contributed by atoms with E-state index >= 15 is 0 Å². The van der Waals surface area contributed by atoms with Crippen LogP contribution in [0.3, 0.4) is 0 Å². The van der Waals surface area contributed by atoms with Crippen molar-refractivity contribution in [1.29, 1.82) is 0 Å². The first-order valence-electron chi connectivity index (χ1n) is 6.69. The quantitative estimate of drug-likeness (QED) is 0.880. The number of anilines is 1. The molecule has 0 heterocycles. The monoisotopic (exact) mass is 336 g/mol. The van der Waals surface area contributed by atoms with Crippen LogP contribution in [0.4, 0.5) is 10.1 Å². The van der Waals surface area contributed by atoms with Gasteiger partial charge in [0.1, 0.15) is 11.6 Å². The van der Waals surface area contributed by atoms with E-state index in [1.165, 1.54) is 49.4 Å². The Morgan fingerprint density at radius 2 is 1.87 bits per heavy atom. The summed E-state index contributed by atoms with van der Waals surface area (Å²) < 4.78 is 18.3. The minimum Gasteiger partial charge on any atom is -0.480 e. The van der Waals surface area contributed by atoms with E-state index in [2.05, 4.69) is 5.32 Å². The van der Waals surface area contributed by atoms with Crippen molar-refractivity contribution in [1.82, 2.24) is 0 Å². The number of benzene rings is 2. The van der Waals surface area contributed by atoms with Crippen LogP contribution in [0.15, 0.2) is 42.5 Å². The van der Waals surface area contributed by atoms with Gasteiger partial charge in [0.25, 0.3) is 11.8 Å².